The SMILES string of the molecule is COc1ccc(CNC(=S)NCC2CCCO2)cc1OC. The lowest BCUT2D eigenvalue weighted by Crippen LogP contribution is -2.39. The van der Waals surface area contributed by atoms with Gasteiger partial charge in [-0.25, -0.2) is 0 Å². The number of ether oxygens (including phenoxy) is 3. The minimum Gasteiger partial charge on any atom is -0.493 e. The number of rotatable bonds is 6. The molecule has 2 N–H and O–H groups in total. The van der Waals surface area contributed by atoms with E-state index in [1.807, 2.05) is 18.2 Å². The highest BCUT2D eigenvalue weighted by atomic mass is 32.1. The van der Waals surface area contributed by atoms with E-state index < -0.39 is 0 Å². The minimum absolute atomic E-state index is 0.283. The van der Waals surface area contributed by atoms with Crippen molar-refractivity contribution < 1.29 is 14.2 Å². The van der Waals surface area contributed by atoms with Gasteiger partial charge in [0.05, 0.1) is 20.3 Å². The third-order valence-corrected chi connectivity index (χ3v) is 3.70. The maximum absolute atomic E-state index is 5.54. The molecule has 1 aromatic carbocycles. The number of nitrogens with one attached hydrogen (secondary N) is 2. The number of benzene rings is 1. The van der Waals surface area contributed by atoms with Crippen LogP contribution in [-0.2, 0) is 11.3 Å². The van der Waals surface area contributed by atoms with Crippen LogP contribution >= 0.6 is 12.2 Å². The molecule has 2 rings (SSSR count). The first kappa shape index (κ1) is 15.9. The molecule has 0 amide bonds. The first-order valence-corrected chi connectivity index (χ1v) is 7.48. The van der Waals surface area contributed by atoms with Crippen LogP contribution in [0.15, 0.2) is 18.2 Å². The van der Waals surface area contributed by atoms with Gasteiger partial charge in [0.1, 0.15) is 0 Å². The van der Waals surface area contributed by atoms with E-state index >= 15 is 0 Å². The average molecular weight is 310 g/mol. The van der Waals surface area contributed by atoms with Gasteiger partial charge in [0, 0.05) is 19.7 Å². The Morgan fingerprint density at radius 3 is 2.76 bits per heavy atom. The quantitative estimate of drug-likeness (QED) is 0.782. The molecule has 0 saturated carbocycles. The van der Waals surface area contributed by atoms with E-state index in [2.05, 4.69) is 10.6 Å². The molecule has 21 heavy (non-hydrogen) atoms. The Labute approximate surface area is 131 Å². The van der Waals surface area contributed by atoms with Crippen molar-refractivity contribution in [1.29, 1.82) is 0 Å². The standard InChI is InChI=1S/C15H22N2O3S/c1-18-13-6-5-11(8-14(13)19-2)9-16-15(21)17-10-12-4-3-7-20-12/h5-6,8,12H,3-4,7,9-10H2,1-2H3,(H2,16,17,21). The van der Waals surface area contributed by atoms with Crippen molar-refractivity contribution in [2.75, 3.05) is 27.4 Å². The maximum atomic E-state index is 5.54. The molecule has 6 heteroatoms. The summed E-state index contributed by atoms with van der Waals surface area (Å²) in [6.07, 6.45) is 2.52. The Bertz CT molecular complexity index is 476. The smallest absolute Gasteiger partial charge is 0.166 e. The third kappa shape index (κ3) is 4.75. The van der Waals surface area contributed by atoms with Crippen LogP contribution in [0.25, 0.3) is 0 Å². The van der Waals surface area contributed by atoms with Crippen LogP contribution in [0, 0.1) is 0 Å². The lowest BCUT2D eigenvalue weighted by Gasteiger charge is -2.14. The fourth-order valence-corrected chi connectivity index (χ4v) is 2.40. The predicted octanol–water partition coefficient (Wildman–Crippen LogP) is 1.85. The summed E-state index contributed by atoms with van der Waals surface area (Å²) in [6, 6.07) is 5.81. The Kier molecular flexibility index (Phi) is 6.07. The number of thiocarbonyl (C=S) groups is 1. The Balaban J connectivity index is 1.77. The fraction of sp³-hybridized carbons (Fsp3) is 0.533. The van der Waals surface area contributed by atoms with Gasteiger partial charge in [-0.3, -0.25) is 0 Å². The molecule has 1 unspecified atom stereocenters. The van der Waals surface area contributed by atoms with Gasteiger partial charge in [-0.15, -0.1) is 0 Å². The molecule has 0 bridgehead atoms. The van der Waals surface area contributed by atoms with Crippen molar-refractivity contribution in [3.8, 4) is 11.5 Å². The topological polar surface area (TPSA) is 51.8 Å². The van der Waals surface area contributed by atoms with Crippen LogP contribution in [0.4, 0.5) is 0 Å². The Morgan fingerprint density at radius 1 is 1.29 bits per heavy atom. The second kappa shape index (κ2) is 8.05. The number of methoxy groups -OCH3 is 2. The first-order chi connectivity index (χ1) is 10.2. The summed E-state index contributed by atoms with van der Waals surface area (Å²) >= 11 is 5.26. The second-order valence-corrected chi connectivity index (χ2v) is 5.30. The van der Waals surface area contributed by atoms with Crippen molar-refractivity contribution in [2.24, 2.45) is 0 Å². The van der Waals surface area contributed by atoms with Crippen molar-refractivity contribution in [3.63, 3.8) is 0 Å². The van der Waals surface area contributed by atoms with Crippen LogP contribution in [0.1, 0.15) is 18.4 Å². The molecule has 0 aromatic heterocycles. The molecule has 1 aliphatic rings. The average Bonchev–Trinajstić information content (AvgIpc) is 3.04. The van der Waals surface area contributed by atoms with Crippen molar-refractivity contribution in [2.45, 2.75) is 25.5 Å². The van der Waals surface area contributed by atoms with Gasteiger partial charge in [-0.2, -0.15) is 0 Å². The van der Waals surface area contributed by atoms with Crippen LogP contribution in [0.2, 0.25) is 0 Å². The van der Waals surface area contributed by atoms with Crippen LogP contribution in [-0.4, -0.2) is 38.6 Å². The molecule has 1 atom stereocenters. The molecular weight excluding hydrogens is 288 g/mol. The zero-order chi connectivity index (χ0) is 15.1. The van der Waals surface area contributed by atoms with Gasteiger partial charge in [0.2, 0.25) is 0 Å². The molecule has 1 aliphatic heterocycles. The Hall–Kier alpha value is -1.53. The summed E-state index contributed by atoms with van der Waals surface area (Å²) in [5.41, 5.74) is 1.08. The van der Waals surface area contributed by atoms with E-state index in [0.717, 1.165) is 43.1 Å². The van der Waals surface area contributed by atoms with E-state index in [4.69, 9.17) is 26.4 Å². The van der Waals surface area contributed by atoms with E-state index in [-0.39, 0.29) is 6.10 Å². The molecular formula is C15H22N2O3S. The summed E-state index contributed by atoms with van der Waals surface area (Å²) in [4.78, 5) is 0. The van der Waals surface area contributed by atoms with Gasteiger partial charge in [0.15, 0.2) is 16.6 Å². The zero-order valence-electron chi connectivity index (χ0n) is 12.5. The summed E-state index contributed by atoms with van der Waals surface area (Å²) in [5, 5.41) is 7.00. The first-order valence-electron chi connectivity index (χ1n) is 7.07. The molecule has 1 heterocycles. The van der Waals surface area contributed by atoms with E-state index in [9.17, 15) is 0 Å². The van der Waals surface area contributed by atoms with Crippen molar-refractivity contribution >= 4 is 17.3 Å². The van der Waals surface area contributed by atoms with Gasteiger partial charge < -0.3 is 24.8 Å². The van der Waals surface area contributed by atoms with E-state index in [0.29, 0.717) is 11.7 Å². The maximum Gasteiger partial charge on any atom is 0.166 e. The summed E-state index contributed by atoms with van der Waals surface area (Å²) < 4.78 is 16.0. The third-order valence-electron chi connectivity index (χ3n) is 3.42. The summed E-state index contributed by atoms with van der Waals surface area (Å²) in [6.45, 7) is 2.26. The normalized spacial score (nSPS) is 17.3. The van der Waals surface area contributed by atoms with Crippen LogP contribution in [0.5, 0.6) is 11.5 Å². The van der Waals surface area contributed by atoms with Gasteiger partial charge in [-0.1, -0.05) is 6.07 Å². The van der Waals surface area contributed by atoms with Crippen LogP contribution < -0.4 is 20.1 Å². The molecule has 0 spiro atoms. The summed E-state index contributed by atoms with van der Waals surface area (Å²) in [7, 11) is 3.25. The molecule has 116 valence electrons. The fourth-order valence-electron chi connectivity index (χ4n) is 2.25. The van der Waals surface area contributed by atoms with Gasteiger partial charge in [-0.05, 0) is 42.8 Å². The van der Waals surface area contributed by atoms with Gasteiger partial charge >= 0.3 is 0 Å². The lowest BCUT2D eigenvalue weighted by molar-refractivity contribution is 0.114. The minimum atomic E-state index is 0.283. The molecule has 1 saturated heterocycles. The summed E-state index contributed by atoms with van der Waals surface area (Å²) in [5.74, 6) is 1.44. The highest BCUT2D eigenvalue weighted by molar-refractivity contribution is 7.80. The van der Waals surface area contributed by atoms with E-state index in [1.54, 1.807) is 14.2 Å². The van der Waals surface area contributed by atoms with Gasteiger partial charge in [0.25, 0.3) is 0 Å². The molecule has 1 fully saturated rings. The number of hydrogen-bond donors (Lipinski definition) is 2. The molecule has 0 aliphatic carbocycles. The highest BCUT2D eigenvalue weighted by Gasteiger charge is 2.15. The highest BCUT2D eigenvalue weighted by Crippen LogP contribution is 2.27. The van der Waals surface area contributed by atoms with E-state index in [1.165, 1.54) is 0 Å². The lowest BCUT2D eigenvalue weighted by atomic mass is 10.2. The largest absolute Gasteiger partial charge is 0.493 e. The van der Waals surface area contributed by atoms with Crippen LogP contribution in [0.3, 0.4) is 0 Å². The molecule has 5 nitrogen and oxygen atoms in total. The molecule has 0 radical (unpaired) electrons. The second-order valence-electron chi connectivity index (χ2n) is 4.89. The molecule has 1 aromatic rings. The van der Waals surface area contributed by atoms with Crippen molar-refractivity contribution in [1.82, 2.24) is 10.6 Å². The Morgan fingerprint density at radius 2 is 2.10 bits per heavy atom. The number of hydrogen-bond acceptors (Lipinski definition) is 4. The predicted molar refractivity (Wildman–Crippen MR) is 86.0 cm³/mol. The zero-order valence-corrected chi connectivity index (χ0v) is 13.3. The van der Waals surface area contributed by atoms with Crippen molar-refractivity contribution in [3.05, 3.63) is 23.8 Å². The monoisotopic (exact) mass is 310 g/mol.